The summed E-state index contributed by atoms with van der Waals surface area (Å²) in [5, 5.41) is 0. The van der Waals surface area contributed by atoms with Crippen LogP contribution >= 0.6 is 0 Å². The first-order chi connectivity index (χ1) is 8.06. The van der Waals surface area contributed by atoms with Crippen molar-refractivity contribution in [3.05, 3.63) is 0 Å². The molecule has 1 rings (SSSR count). The first kappa shape index (κ1) is 13.7. The maximum absolute atomic E-state index is 11.7. The number of Topliss-reactive ketones (excluding diaryl/α,β-unsaturated/α-hetero) is 1. The van der Waals surface area contributed by atoms with Gasteiger partial charge in [-0.15, -0.1) is 0 Å². The van der Waals surface area contributed by atoms with Crippen LogP contribution in [0.5, 0.6) is 0 Å². The lowest BCUT2D eigenvalue weighted by Gasteiger charge is -2.22. The molecule has 17 heavy (non-hydrogen) atoms. The van der Waals surface area contributed by atoms with E-state index in [2.05, 4.69) is 0 Å². The van der Waals surface area contributed by atoms with Gasteiger partial charge in [0, 0.05) is 0 Å². The van der Waals surface area contributed by atoms with Gasteiger partial charge in [-0.25, -0.2) is 4.79 Å². The molecule has 0 N–H and O–H groups in total. The lowest BCUT2D eigenvalue weighted by Crippen LogP contribution is -2.35. The summed E-state index contributed by atoms with van der Waals surface area (Å²) in [6.45, 7) is 5.72. The van der Waals surface area contributed by atoms with Gasteiger partial charge in [-0.3, -0.25) is 9.59 Å². The minimum absolute atomic E-state index is 0.0137. The summed E-state index contributed by atoms with van der Waals surface area (Å²) < 4.78 is 9.83. The molecule has 1 aliphatic heterocycles. The van der Waals surface area contributed by atoms with Crippen LogP contribution in [0.25, 0.3) is 0 Å². The molecule has 0 radical (unpaired) electrons. The topological polar surface area (TPSA) is 69.7 Å². The fourth-order valence-corrected chi connectivity index (χ4v) is 2.12. The summed E-state index contributed by atoms with van der Waals surface area (Å²) in [7, 11) is 0. The number of hydrogen-bond donors (Lipinski definition) is 0. The van der Waals surface area contributed by atoms with Gasteiger partial charge in [0.1, 0.15) is 6.10 Å². The van der Waals surface area contributed by atoms with E-state index >= 15 is 0 Å². The Morgan fingerprint density at radius 2 is 1.88 bits per heavy atom. The van der Waals surface area contributed by atoms with Crippen molar-refractivity contribution in [2.45, 2.75) is 39.7 Å². The predicted octanol–water partition coefficient (Wildman–Crippen LogP) is 1.10. The molecular weight excluding hydrogens is 224 g/mol. The van der Waals surface area contributed by atoms with Crippen LogP contribution in [0, 0.1) is 11.8 Å². The van der Waals surface area contributed by atoms with Crippen molar-refractivity contribution < 1.29 is 23.9 Å². The van der Waals surface area contributed by atoms with Gasteiger partial charge >= 0.3 is 11.9 Å². The highest BCUT2D eigenvalue weighted by Gasteiger charge is 2.51. The fraction of sp³-hybridized carbons (Fsp3) is 0.750. The average Bonchev–Trinajstić information content (AvgIpc) is 2.58. The first-order valence-corrected chi connectivity index (χ1v) is 5.98. The molecule has 0 saturated carbocycles. The number of rotatable bonds is 5. The Hall–Kier alpha value is -1.39. The van der Waals surface area contributed by atoms with Crippen molar-refractivity contribution in [3.8, 4) is 0 Å². The lowest BCUT2D eigenvalue weighted by molar-refractivity contribution is -0.152. The molecule has 0 aromatic heterocycles. The summed E-state index contributed by atoms with van der Waals surface area (Å²) in [6, 6.07) is 0. The highest BCUT2D eigenvalue weighted by Crippen LogP contribution is 2.30. The fourth-order valence-electron chi connectivity index (χ4n) is 2.12. The molecular formula is C12H18O5. The number of esters is 2. The number of cyclic esters (lactones) is 1. The van der Waals surface area contributed by atoms with Crippen molar-refractivity contribution in [1.82, 2.24) is 0 Å². The Labute approximate surface area is 100 Å². The van der Waals surface area contributed by atoms with Gasteiger partial charge in [0.2, 0.25) is 0 Å². The Morgan fingerprint density at radius 3 is 2.35 bits per heavy atom. The van der Waals surface area contributed by atoms with Gasteiger partial charge in [-0.2, -0.15) is 0 Å². The Balaban J connectivity index is 2.91. The zero-order valence-electron chi connectivity index (χ0n) is 10.4. The van der Waals surface area contributed by atoms with Crippen LogP contribution in [0.3, 0.4) is 0 Å². The van der Waals surface area contributed by atoms with E-state index in [0.29, 0.717) is 0 Å². The van der Waals surface area contributed by atoms with Gasteiger partial charge in [0.05, 0.1) is 6.61 Å². The molecule has 0 aromatic rings. The average molecular weight is 242 g/mol. The lowest BCUT2D eigenvalue weighted by atomic mass is 9.86. The van der Waals surface area contributed by atoms with Crippen molar-refractivity contribution in [2.24, 2.45) is 11.8 Å². The van der Waals surface area contributed by atoms with Crippen LogP contribution in [-0.4, -0.2) is 30.4 Å². The maximum atomic E-state index is 11.7. The summed E-state index contributed by atoms with van der Waals surface area (Å²) >= 11 is 0. The van der Waals surface area contributed by atoms with E-state index in [1.807, 2.05) is 13.8 Å². The van der Waals surface area contributed by atoms with Crippen LogP contribution in [0.1, 0.15) is 33.6 Å². The zero-order chi connectivity index (χ0) is 13.0. The molecule has 0 bridgehead atoms. The van der Waals surface area contributed by atoms with Crippen LogP contribution in [0.4, 0.5) is 0 Å². The summed E-state index contributed by atoms with van der Waals surface area (Å²) in [6.07, 6.45) is 0.832. The summed E-state index contributed by atoms with van der Waals surface area (Å²) in [5.74, 6) is -3.41. The number of carbonyl (C=O) groups is 3. The zero-order valence-corrected chi connectivity index (χ0v) is 10.4. The predicted molar refractivity (Wildman–Crippen MR) is 59.1 cm³/mol. The van der Waals surface area contributed by atoms with Gasteiger partial charge in [0.25, 0.3) is 5.78 Å². The van der Waals surface area contributed by atoms with Gasteiger partial charge in [-0.05, 0) is 25.7 Å². The van der Waals surface area contributed by atoms with Crippen molar-refractivity contribution >= 4 is 17.7 Å². The van der Waals surface area contributed by atoms with E-state index in [1.165, 1.54) is 0 Å². The molecule has 96 valence electrons. The van der Waals surface area contributed by atoms with E-state index < -0.39 is 29.7 Å². The van der Waals surface area contributed by atoms with E-state index in [1.54, 1.807) is 6.92 Å². The smallest absolute Gasteiger partial charge is 0.376 e. The largest absolute Gasteiger partial charge is 0.465 e. The normalized spacial score (nSPS) is 24.0. The summed E-state index contributed by atoms with van der Waals surface area (Å²) in [4.78, 5) is 34.5. The number of carbonyl (C=O) groups excluding carboxylic acids is 3. The second-order valence-corrected chi connectivity index (χ2v) is 4.04. The molecule has 1 fully saturated rings. The van der Waals surface area contributed by atoms with Gasteiger partial charge in [-0.1, -0.05) is 13.8 Å². The molecule has 0 aliphatic carbocycles. The maximum Gasteiger partial charge on any atom is 0.376 e. The highest BCUT2D eigenvalue weighted by molar-refractivity contribution is 6.40. The molecule has 1 aliphatic rings. The second kappa shape index (κ2) is 5.80. The molecule has 1 saturated heterocycles. The third kappa shape index (κ3) is 2.65. The SMILES string of the molecule is CCOC(=O)[C@@H]1C(=O)C(=O)O[C@@H]1C(CC)CC. The highest BCUT2D eigenvalue weighted by atomic mass is 16.6. The van der Waals surface area contributed by atoms with E-state index in [4.69, 9.17) is 9.47 Å². The third-order valence-electron chi connectivity index (χ3n) is 3.11. The third-order valence-corrected chi connectivity index (χ3v) is 3.11. The van der Waals surface area contributed by atoms with E-state index in [0.717, 1.165) is 12.8 Å². The number of ketones is 1. The minimum atomic E-state index is -1.08. The molecule has 1 heterocycles. The van der Waals surface area contributed by atoms with E-state index in [9.17, 15) is 14.4 Å². The van der Waals surface area contributed by atoms with Crippen molar-refractivity contribution in [3.63, 3.8) is 0 Å². The molecule has 5 heteroatoms. The monoisotopic (exact) mass is 242 g/mol. The van der Waals surface area contributed by atoms with Crippen LogP contribution < -0.4 is 0 Å². The Kier molecular flexibility index (Phi) is 4.66. The second-order valence-electron chi connectivity index (χ2n) is 4.04. The molecule has 0 unspecified atom stereocenters. The Morgan fingerprint density at radius 1 is 1.29 bits per heavy atom. The molecule has 0 aromatic carbocycles. The molecule has 5 nitrogen and oxygen atoms in total. The number of ether oxygens (including phenoxy) is 2. The van der Waals surface area contributed by atoms with Crippen LogP contribution in [0.15, 0.2) is 0 Å². The minimum Gasteiger partial charge on any atom is -0.465 e. The van der Waals surface area contributed by atoms with Crippen LogP contribution in [-0.2, 0) is 23.9 Å². The van der Waals surface area contributed by atoms with Gasteiger partial charge in [0.15, 0.2) is 5.92 Å². The first-order valence-electron chi connectivity index (χ1n) is 5.98. The number of hydrogen-bond acceptors (Lipinski definition) is 5. The van der Waals surface area contributed by atoms with Crippen LogP contribution in [0.2, 0.25) is 0 Å². The molecule has 0 spiro atoms. The molecule has 0 amide bonds. The molecule has 2 atom stereocenters. The standard InChI is InChI=1S/C12H18O5/c1-4-7(5-2)10-8(11(14)16-6-3)9(13)12(15)17-10/h7-8,10H,4-6H2,1-3H3/t8-,10-/m1/s1. The Bertz CT molecular complexity index is 319. The quantitative estimate of drug-likeness (QED) is 0.410. The van der Waals surface area contributed by atoms with Gasteiger partial charge < -0.3 is 9.47 Å². The van der Waals surface area contributed by atoms with E-state index in [-0.39, 0.29) is 12.5 Å². The van der Waals surface area contributed by atoms with Crippen molar-refractivity contribution in [2.75, 3.05) is 6.61 Å². The van der Waals surface area contributed by atoms with Crippen molar-refractivity contribution in [1.29, 1.82) is 0 Å². The summed E-state index contributed by atoms with van der Waals surface area (Å²) in [5.41, 5.74) is 0.